The molecule has 2 nitrogen and oxygen atoms in total. The smallest absolute Gasteiger partial charge is 0.209 e. The van der Waals surface area contributed by atoms with Gasteiger partial charge in [0.2, 0.25) is 4.73 Å². The van der Waals surface area contributed by atoms with E-state index in [9.17, 15) is 0 Å². The van der Waals surface area contributed by atoms with Gasteiger partial charge in [-0.05, 0) is 32.9 Å². The summed E-state index contributed by atoms with van der Waals surface area (Å²) in [6, 6.07) is 0. The van der Waals surface area contributed by atoms with Gasteiger partial charge in [0.25, 0.3) is 0 Å². The second kappa shape index (κ2) is 3.31. The second-order valence-electron chi connectivity index (χ2n) is 4.74. The van der Waals surface area contributed by atoms with Gasteiger partial charge in [-0.3, -0.25) is 0 Å². The predicted octanol–water partition coefficient (Wildman–Crippen LogP) is 3.62. The summed E-state index contributed by atoms with van der Waals surface area (Å²) in [6.45, 7) is 11.1. The molecule has 0 aliphatic rings. The molecule has 0 aliphatic carbocycles. The fourth-order valence-electron chi connectivity index (χ4n) is 0.780. The van der Waals surface area contributed by atoms with Crippen molar-refractivity contribution >= 4 is 27.5 Å². The first-order valence-electron chi connectivity index (χ1n) is 4.25. The van der Waals surface area contributed by atoms with Crippen LogP contribution in [0.2, 0.25) is 0 Å². The Morgan fingerprint density at radius 2 is 1.69 bits per heavy atom. The second-order valence-corrected chi connectivity index (χ2v) is 6.20. The van der Waals surface area contributed by atoms with Crippen LogP contribution in [0.5, 0.6) is 0 Å². The largest absolute Gasteiger partial charge is 0.213 e. The number of rotatable bonds is 1. The van der Waals surface area contributed by atoms with E-state index in [0.29, 0.717) is 4.73 Å². The van der Waals surface area contributed by atoms with Crippen molar-refractivity contribution in [2.24, 2.45) is 5.41 Å². The number of hydrogen-bond donors (Lipinski definition) is 0. The van der Waals surface area contributed by atoms with Crippen LogP contribution >= 0.6 is 27.5 Å². The summed E-state index contributed by atoms with van der Waals surface area (Å²) in [7, 11) is 0. The highest BCUT2D eigenvalue weighted by Gasteiger charge is 2.37. The van der Waals surface area contributed by atoms with E-state index in [0.717, 1.165) is 5.01 Å². The minimum Gasteiger partial charge on any atom is -0.213 e. The zero-order valence-corrected chi connectivity index (χ0v) is 11.1. The van der Waals surface area contributed by atoms with Gasteiger partial charge in [-0.1, -0.05) is 34.6 Å². The lowest BCUT2D eigenvalue weighted by Gasteiger charge is -2.36. The molecule has 4 heteroatoms. The van der Waals surface area contributed by atoms with Crippen LogP contribution in [0.3, 0.4) is 0 Å². The molecule has 0 aliphatic heterocycles. The molecule has 0 N–H and O–H groups in total. The lowest BCUT2D eigenvalue weighted by Crippen LogP contribution is -2.33. The van der Waals surface area contributed by atoms with Crippen LogP contribution in [0.15, 0.2) is 4.73 Å². The Kier molecular flexibility index (Phi) is 2.83. The Morgan fingerprint density at radius 3 is 2.00 bits per heavy atom. The molecule has 1 aromatic heterocycles. The van der Waals surface area contributed by atoms with Crippen LogP contribution in [-0.4, -0.2) is 9.36 Å². The highest BCUT2D eigenvalue weighted by atomic mass is 79.9. The molecule has 0 bridgehead atoms. The van der Waals surface area contributed by atoms with Gasteiger partial charge in [0.1, 0.15) is 5.01 Å². The minimum absolute atomic E-state index is 0.0662. The maximum Gasteiger partial charge on any atom is 0.209 e. The van der Waals surface area contributed by atoms with Crippen LogP contribution in [0, 0.1) is 5.41 Å². The molecule has 13 heavy (non-hydrogen) atoms. The van der Waals surface area contributed by atoms with Gasteiger partial charge in [-0.2, -0.15) is 4.37 Å². The molecular weight excluding hydrogens is 248 g/mol. The van der Waals surface area contributed by atoms with Crippen molar-refractivity contribution in [1.29, 1.82) is 0 Å². The fourth-order valence-corrected chi connectivity index (χ4v) is 2.16. The van der Waals surface area contributed by atoms with Gasteiger partial charge in [0, 0.05) is 5.41 Å². The molecule has 1 rings (SSSR count). The van der Waals surface area contributed by atoms with Crippen LogP contribution in [0.25, 0.3) is 0 Å². The quantitative estimate of drug-likeness (QED) is 0.773. The van der Waals surface area contributed by atoms with Crippen LogP contribution < -0.4 is 0 Å². The molecule has 0 spiro atoms. The van der Waals surface area contributed by atoms with Crippen molar-refractivity contribution in [2.45, 2.75) is 40.0 Å². The SMILES string of the molecule is CC(C)(C)C(C)(C)c1nc(Br)ns1. The van der Waals surface area contributed by atoms with Crippen LogP contribution in [-0.2, 0) is 5.41 Å². The Morgan fingerprint density at radius 1 is 1.15 bits per heavy atom. The lowest BCUT2D eigenvalue weighted by atomic mass is 9.70. The van der Waals surface area contributed by atoms with E-state index in [1.807, 2.05) is 0 Å². The highest BCUT2D eigenvalue weighted by Crippen LogP contribution is 2.41. The molecule has 0 atom stereocenters. The van der Waals surface area contributed by atoms with Crippen molar-refractivity contribution in [3.05, 3.63) is 9.74 Å². The maximum absolute atomic E-state index is 4.37. The van der Waals surface area contributed by atoms with E-state index in [4.69, 9.17) is 0 Å². The first-order valence-corrected chi connectivity index (χ1v) is 5.81. The normalized spacial score (nSPS) is 13.4. The van der Waals surface area contributed by atoms with Gasteiger partial charge >= 0.3 is 0 Å². The third-order valence-corrected chi connectivity index (χ3v) is 4.44. The zero-order valence-electron chi connectivity index (χ0n) is 8.68. The molecule has 1 heterocycles. The summed E-state index contributed by atoms with van der Waals surface area (Å²) in [4.78, 5) is 4.37. The minimum atomic E-state index is 0.0662. The van der Waals surface area contributed by atoms with Crippen LogP contribution in [0.1, 0.15) is 39.6 Å². The zero-order chi connectivity index (χ0) is 10.3. The van der Waals surface area contributed by atoms with E-state index in [-0.39, 0.29) is 10.8 Å². The molecule has 0 fully saturated rings. The predicted molar refractivity (Wildman–Crippen MR) is 60.1 cm³/mol. The number of nitrogens with zero attached hydrogens (tertiary/aromatic N) is 2. The first-order chi connectivity index (χ1) is 5.75. The maximum atomic E-state index is 4.37. The van der Waals surface area contributed by atoms with Gasteiger partial charge in [-0.15, -0.1) is 0 Å². The van der Waals surface area contributed by atoms with E-state index >= 15 is 0 Å². The third-order valence-electron chi connectivity index (χ3n) is 2.81. The highest BCUT2D eigenvalue weighted by molar-refractivity contribution is 9.10. The number of halogens is 1. The summed E-state index contributed by atoms with van der Waals surface area (Å²) in [5, 5.41) is 1.09. The Bertz CT molecular complexity index is 299. The molecule has 0 saturated carbocycles. The van der Waals surface area contributed by atoms with Crippen molar-refractivity contribution < 1.29 is 0 Å². The van der Waals surface area contributed by atoms with E-state index in [1.165, 1.54) is 11.5 Å². The monoisotopic (exact) mass is 262 g/mol. The van der Waals surface area contributed by atoms with Crippen LogP contribution in [0.4, 0.5) is 0 Å². The standard InChI is InChI=1S/C9H15BrN2S/c1-8(2,3)9(4,5)6-11-7(10)12-13-6/h1-5H3. The van der Waals surface area contributed by atoms with Gasteiger partial charge in [0.05, 0.1) is 0 Å². The Hall–Kier alpha value is 0.0400. The van der Waals surface area contributed by atoms with Crippen molar-refractivity contribution in [3.63, 3.8) is 0 Å². The topological polar surface area (TPSA) is 25.8 Å². The summed E-state index contributed by atoms with van der Waals surface area (Å²) >= 11 is 4.75. The average molecular weight is 263 g/mol. The number of hydrogen-bond acceptors (Lipinski definition) is 3. The lowest BCUT2D eigenvalue weighted by molar-refractivity contribution is 0.224. The summed E-state index contributed by atoms with van der Waals surface area (Å²) in [5.41, 5.74) is 0.267. The Balaban J connectivity index is 3.07. The first kappa shape index (κ1) is 11.1. The van der Waals surface area contributed by atoms with E-state index < -0.39 is 0 Å². The van der Waals surface area contributed by atoms with Gasteiger partial charge < -0.3 is 0 Å². The number of aromatic nitrogens is 2. The molecule has 0 saturated heterocycles. The Labute approximate surface area is 92.1 Å². The summed E-state index contributed by atoms with van der Waals surface area (Å²) in [5.74, 6) is 0. The average Bonchev–Trinajstić information content (AvgIpc) is 2.33. The molecule has 0 radical (unpaired) electrons. The summed E-state index contributed by atoms with van der Waals surface area (Å²) in [6.07, 6.45) is 0. The molecule has 0 aromatic carbocycles. The van der Waals surface area contributed by atoms with Crippen molar-refractivity contribution in [2.75, 3.05) is 0 Å². The van der Waals surface area contributed by atoms with Crippen molar-refractivity contribution in [3.8, 4) is 0 Å². The molecule has 1 aromatic rings. The molecule has 0 amide bonds. The molecule has 74 valence electrons. The van der Waals surface area contributed by atoms with Crippen molar-refractivity contribution in [1.82, 2.24) is 9.36 Å². The van der Waals surface area contributed by atoms with Gasteiger partial charge in [0.15, 0.2) is 0 Å². The van der Waals surface area contributed by atoms with E-state index in [1.54, 1.807) is 0 Å². The van der Waals surface area contributed by atoms with E-state index in [2.05, 4.69) is 59.9 Å². The van der Waals surface area contributed by atoms with Gasteiger partial charge in [-0.25, -0.2) is 4.98 Å². The molecule has 0 unspecified atom stereocenters. The third kappa shape index (κ3) is 2.10. The fraction of sp³-hybridized carbons (Fsp3) is 0.778. The molecular formula is C9H15BrN2S. The summed E-state index contributed by atoms with van der Waals surface area (Å²) < 4.78 is 4.84.